The van der Waals surface area contributed by atoms with Gasteiger partial charge in [0.2, 0.25) is 0 Å². The molecule has 0 saturated carbocycles. The topological polar surface area (TPSA) is 4.93 Å². The summed E-state index contributed by atoms with van der Waals surface area (Å²) in [5.74, 6) is 0. The highest BCUT2D eigenvalue weighted by atomic mass is 32.1. The van der Waals surface area contributed by atoms with Crippen molar-refractivity contribution in [3.63, 3.8) is 0 Å². The highest BCUT2D eigenvalue weighted by molar-refractivity contribution is 7.26. The van der Waals surface area contributed by atoms with E-state index in [-0.39, 0.29) is 0 Å². The van der Waals surface area contributed by atoms with E-state index in [4.69, 9.17) is 0 Å². The number of rotatable bonds is 8. The number of hydrogen-bond acceptors (Lipinski definition) is 1. The van der Waals surface area contributed by atoms with Crippen molar-refractivity contribution in [1.82, 2.24) is 4.57 Å². The van der Waals surface area contributed by atoms with Crippen LogP contribution in [0.25, 0.3) is 147 Å². The lowest BCUT2D eigenvalue weighted by atomic mass is 9.86. The SMILES string of the molecule is c1ccc(-c2cccc(-c3ccc4sc5c(-c6ccc7c(c6)c6ccccc6n7-c6ccc(-c7c8ccccc8c(-c8ccccc8)c8ccccc78)cc6)cc(-c6cccc(-c7ccccc7)c6)cc5c4c3)c2)cc1. The molecule has 0 aliphatic rings. The second-order valence-electron chi connectivity index (χ2n) is 19.9. The van der Waals surface area contributed by atoms with E-state index >= 15 is 0 Å². The van der Waals surface area contributed by atoms with Crippen LogP contribution in [0.2, 0.25) is 0 Å². The molecule has 0 aliphatic carbocycles. The third-order valence-electron chi connectivity index (χ3n) is 15.6. The van der Waals surface area contributed by atoms with Crippen LogP contribution in [-0.2, 0) is 0 Å². The maximum absolute atomic E-state index is 2.45. The monoisotopic (exact) mass is 981 g/mol. The molecule has 15 rings (SSSR count). The number of nitrogens with zero attached hydrogens (tertiary/aromatic N) is 1. The summed E-state index contributed by atoms with van der Waals surface area (Å²) in [4.78, 5) is 0. The van der Waals surface area contributed by atoms with Crippen LogP contribution < -0.4 is 0 Å². The molecular weight excluding hydrogens is 935 g/mol. The van der Waals surface area contributed by atoms with E-state index < -0.39 is 0 Å². The number of aromatic nitrogens is 1. The van der Waals surface area contributed by atoms with Crippen LogP contribution in [0.5, 0.6) is 0 Å². The Kier molecular flexibility index (Phi) is 10.5. The summed E-state index contributed by atoms with van der Waals surface area (Å²) in [5, 5.41) is 10.1. The van der Waals surface area contributed by atoms with Gasteiger partial charge >= 0.3 is 0 Å². The van der Waals surface area contributed by atoms with E-state index in [0.717, 1.165) is 5.69 Å². The molecule has 0 radical (unpaired) electrons. The first-order valence-electron chi connectivity index (χ1n) is 26.1. The molecule has 0 amide bonds. The van der Waals surface area contributed by atoms with Crippen molar-refractivity contribution in [2.75, 3.05) is 0 Å². The van der Waals surface area contributed by atoms with E-state index in [1.807, 2.05) is 11.3 Å². The molecule has 13 aromatic carbocycles. The standard InChI is InChI=1S/C74H47NS/c1-4-18-48(19-5-1)52-24-16-26-54(42-52)56-37-41-71-67(44-56)68-47-58(55-27-17-25-53(43-55)49-20-6-2-7-21-49)46-65(74(68)76-71)57-36-40-70-66(45-57)60-28-14-15-33-69(60)75(70)59-38-34-51(35-39-59)73-63-31-12-10-29-61(63)72(50-22-8-3-9-23-50)62-30-11-13-32-64(62)73/h1-47H. The number of fused-ring (bicyclic) bond motifs is 8. The molecule has 354 valence electrons. The molecule has 0 saturated heterocycles. The molecule has 15 aromatic rings. The van der Waals surface area contributed by atoms with Crippen molar-refractivity contribution < 1.29 is 0 Å². The summed E-state index contributed by atoms with van der Waals surface area (Å²) in [6.07, 6.45) is 0. The Labute approximate surface area is 445 Å². The molecule has 2 aromatic heterocycles. The zero-order valence-corrected chi connectivity index (χ0v) is 42.3. The fourth-order valence-electron chi connectivity index (χ4n) is 12.0. The lowest BCUT2D eigenvalue weighted by Crippen LogP contribution is -1.94. The molecule has 2 heterocycles. The van der Waals surface area contributed by atoms with E-state index in [1.165, 1.54) is 141 Å². The van der Waals surface area contributed by atoms with Crippen LogP contribution in [0.1, 0.15) is 0 Å². The summed E-state index contributed by atoms with van der Waals surface area (Å²) in [7, 11) is 0. The summed E-state index contributed by atoms with van der Waals surface area (Å²) < 4.78 is 5.02. The Bertz CT molecular complexity index is 4660. The number of hydrogen-bond donors (Lipinski definition) is 0. The van der Waals surface area contributed by atoms with Gasteiger partial charge in [-0.25, -0.2) is 0 Å². The minimum atomic E-state index is 1.13. The Morgan fingerprint density at radius 2 is 0.632 bits per heavy atom. The Balaban J connectivity index is 0.883. The quantitative estimate of drug-likeness (QED) is 0.134. The average molecular weight is 982 g/mol. The number of para-hydroxylation sites is 1. The highest BCUT2D eigenvalue weighted by Crippen LogP contribution is 2.47. The van der Waals surface area contributed by atoms with Crippen LogP contribution in [0.3, 0.4) is 0 Å². The lowest BCUT2D eigenvalue weighted by molar-refractivity contribution is 1.18. The minimum Gasteiger partial charge on any atom is -0.309 e. The highest BCUT2D eigenvalue weighted by Gasteiger charge is 2.20. The van der Waals surface area contributed by atoms with Crippen molar-refractivity contribution in [2.45, 2.75) is 0 Å². The van der Waals surface area contributed by atoms with Crippen LogP contribution >= 0.6 is 11.3 Å². The van der Waals surface area contributed by atoms with Gasteiger partial charge in [-0.05, 0) is 161 Å². The molecule has 0 unspecified atom stereocenters. The van der Waals surface area contributed by atoms with Crippen molar-refractivity contribution >= 4 is 74.9 Å². The van der Waals surface area contributed by atoms with Gasteiger partial charge in [0.1, 0.15) is 0 Å². The summed E-state index contributed by atoms with van der Waals surface area (Å²) in [5.41, 5.74) is 20.6. The van der Waals surface area contributed by atoms with Gasteiger partial charge in [-0.3, -0.25) is 0 Å². The lowest BCUT2D eigenvalue weighted by Gasteiger charge is -2.18. The van der Waals surface area contributed by atoms with Crippen LogP contribution in [0.4, 0.5) is 0 Å². The largest absolute Gasteiger partial charge is 0.309 e. The van der Waals surface area contributed by atoms with Gasteiger partial charge in [-0.1, -0.05) is 218 Å². The van der Waals surface area contributed by atoms with E-state index in [9.17, 15) is 0 Å². The smallest absolute Gasteiger partial charge is 0.0541 e. The van der Waals surface area contributed by atoms with Crippen LogP contribution in [0.15, 0.2) is 285 Å². The van der Waals surface area contributed by atoms with Gasteiger partial charge in [0.05, 0.1) is 11.0 Å². The Hall–Kier alpha value is -9.60. The van der Waals surface area contributed by atoms with Crippen molar-refractivity contribution in [2.24, 2.45) is 0 Å². The normalized spacial score (nSPS) is 11.7. The molecule has 0 atom stereocenters. The molecule has 0 bridgehead atoms. The number of benzene rings is 13. The molecule has 0 fully saturated rings. The van der Waals surface area contributed by atoms with E-state index in [2.05, 4.69) is 290 Å². The summed E-state index contributed by atoms with van der Waals surface area (Å²) >= 11 is 1.90. The fourth-order valence-corrected chi connectivity index (χ4v) is 13.2. The average Bonchev–Trinajstić information content (AvgIpc) is 4.06. The molecule has 2 heteroatoms. The van der Waals surface area contributed by atoms with Crippen molar-refractivity contribution in [3.05, 3.63) is 285 Å². The maximum Gasteiger partial charge on any atom is 0.0541 e. The van der Waals surface area contributed by atoms with Crippen molar-refractivity contribution in [3.8, 4) is 83.6 Å². The molecule has 0 N–H and O–H groups in total. The van der Waals surface area contributed by atoms with Gasteiger partial charge in [0, 0.05) is 42.2 Å². The molecule has 1 nitrogen and oxygen atoms in total. The first-order chi connectivity index (χ1) is 37.7. The van der Waals surface area contributed by atoms with E-state index in [0.29, 0.717) is 0 Å². The molecule has 0 aliphatic heterocycles. The molecule has 0 spiro atoms. The first kappa shape index (κ1) is 43.9. The molecular formula is C74H47NS. The zero-order valence-electron chi connectivity index (χ0n) is 41.5. The summed E-state index contributed by atoms with van der Waals surface area (Å²) in [6, 6.07) is 105. The van der Waals surface area contributed by atoms with Gasteiger partial charge in [-0.15, -0.1) is 11.3 Å². The van der Waals surface area contributed by atoms with Crippen LogP contribution in [-0.4, -0.2) is 4.57 Å². The Morgan fingerprint density at radius 1 is 0.224 bits per heavy atom. The Morgan fingerprint density at radius 3 is 1.22 bits per heavy atom. The predicted molar refractivity (Wildman–Crippen MR) is 327 cm³/mol. The van der Waals surface area contributed by atoms with Gasteiger partial charge in [0.15, 0.2) is 0 Å². The van der Waals surface area contributed by atoms with Gasteiger partial charge < -0.3 is 4.57 Å². The predicted octanol–water partition coefficient (Wildman–Crippen LogP) is 21.1. The fraction of sp³-hybridized carbons (Fsp3) is 0. The third-order valence-corrected chi connectivity index (χ3v) is 16.8. The van der Waals surface area contributed by atoms with Gasteiger partial charge in [0.25, 0.3) is 0 Å². The summed E-state index contributed by atoms with van der Waals surface area (Å²) in [6.45, 7) is 0. The van der Waals surface area contributed by atoms with Crippen molar-refractivity contribution in [1.29, 1.82) is 0 Å². The molecule has 76 heavy (non-hydrogen) atoms. The number of thiophene rings is 1. The van der Waals surface area contributed by atoms with E-state index in [1.54, 1.807) is 0 Å². The maximum atomic E-state index is 2.45. The first-order valence-corrected chi connectivity index (χ1v) is 27.0. The second kappa shape index (κ2) is 18.1. The third kappa shape index (κ3) is 7.37. The second-order valence-corrected chi connectivity index (χ2v) is 21.0. The van der Waals surface area contributed by atoms with Gasteiger partial charge in [-0.2, -0.15) is 0 Å². The zero-order chi connectivity index (χ0) is 50.1. The minimum absolute atomic E-state index is 1.13. The van der Waals surface area contributed by atoms with Crippen LogP contribution in [0, 0.1) is 0 Å².